The third kappa shape index (κ3) is 7.42. The zero-order valence-electron chi connectivity index (χ0n) is 17.6. The molecule has 0 heterocycles. The fraction of sp³-hybridized carbons (Fsp3) is 0.409. The molecule has 6 nitrogen and oxygen atoms in total. The number of hydrogen-bond acceptors (Lipinski definition) is 4. The zero-order chi connectivity index (χ0) is 21.4. The fourth-order valence-electron chi connectivity index (χ4n) is 3.09. The number of carbonyl (C=O) groups excluding carboxylic acids is 1. The molecule has 158 valence electrons. The van der Waals surface area contributed by atoms with E-state index in [0.29, 0.717) is 25.3 Å². The Hall–Kier alpha value is -2.54. The lowest BCUT2D eigenvalue weighted by Crippen LogP contribution is -2.33. The summed E-state index contributed by atoms with van der Waals surface area (Å²) in [4.78, 5) is 12.1. The van der Waals surface area contributed by atoms with E-state index >= 15 is 0 Å². The fourth-order valence-corrected chi connectivity index (χ4v) is 4.11. The number of sulfonamides is 1. The van der Waals surface area contributed by atoms with Crippen molar-refractivity contribution in [1.82, 2.24) is 5.32 Å². The monoisotopic (exact) mass is 418 g/mol. The predicted molar refractivity (Wildman–Crippen MR) is 117 cm³/mol. The Labute approximate surface area is 173 Å². The highest BCUT2D eigenvalue weighted by Gasteiger charge is 2.19. The van der Waals surface area contributed by atoms with Gasteiger partial charge in [0.15, 0.2) is 0 Å². The Kier molecular flexibility index (Phi) is 8.08. The molecule has 2 aromatic carbocycles. The van der Waals surface area contributed by atoms with Crippen LogP contribution in [0.2, 0.25) is 0 Å². The van der Waals surface area contributed by atoms with E-state index in [1.165, 1.54) is 10.6 Å². The summed E-state index contributed by atoms with van der Waals surface area (Å²) < 4.78 is 31.4. The Morgan fingerprint density at radius 3 is 2.45 bits per heavy atom. The molecule has 0 atom stereocenters. The molecule has 2 rings (SSSR count). The maximum atomic E-state index is 12.2. The van der Waals surface area contributed by atoms with Gasteiger partial charge in [0.25, 0.3) is 0 Å². The first kappa shape index (κ1) is 22.7. The molecule has 29 heavy (non-hydrogen) atoms. The third-order valence-electron chi connectivity index (χ3n) is 4.47. The maximum Gasteiger partial charge on any atom is 0.232 e. The molecule has 1 N–H and O–H groups in total. The molecule has 7 heteroatoms. The zero-order valence-corrected chi connectivity index (χ0v) is 18.4. The maximum absolute atomic E-state index is 12.2. The van der Waals surface area contributed by atoms with Crippen molar-refractivity contribution in [2.45, 2.75) is 33.6 Å². The highest BCUT2D eigenvalue weighted by molar-refractivity contribution is 7.92. The Morgan fingerprint density at radius 2 is 1.79 bits per heavy atom. The summed E-state index contributed by atoms with van der Waals surface area (Å²) in [6.45, 7) is 6.89. The Bertz CT molecular complexity index is 942. The molecule has 0 spiro atoms. The van der Waals surface area contributed by atoms with Gasteiger partial charge < -0.3 is 10.1 Å². The smallest absolute Gasteiger partial charge is 0.232 e. The molecule has 2 aromatic rings. The number of aryl methyl sites for hydroxylation is 3. The van der Waals surface area contributed by atoms with Gasteiger partial charge in [-0.3, -0.25) is 9.10 Å². The van der Waals surface area contributed by atoms with Gasteiger partial charge in [-0.15, -0.1) is 0 Å². The molecule has 0 radical (unpaired) electrons. The second-order valence-electron chi connectivity index (χ2n) is 7.24. The van der Waals surface area contributed by atoms with Crippen molar-refractivity contribution >= 4 is 21.6 Å². The van der Waals surface area contributed by atoms with Crippen LogP contribution in [0, 0.1) is 20.8 Å². The number of rotatable bonds is 10. The van der Waals surface area contributed by atoms with Gasteiger partial charge in [0.1, 0.15) is 12.4 Å². The number of benzene rings is 2. The van der Waals surface area contributed by atoms with E-state index in [9.17, 15) is 13.2 Å². The molecule has 0 saturated carbocycles. The molecular weight excluding hydrogens is 388 g/mol. The van der Waals surface area contributed by atoms with Gasteiger partial charge in [-0.1, -0.05) is 29.8 Å². The molecule has 1 amide bonds. The predicted octanol–water partition coefficient (Wildman–Crippen LogP) is 3.35. The summed E-state index contributed by atoms with van der Waals surface area (Å²) >= 11 is 0. The number of anilines is 1. The summed E-state index contributed by atoms with van der Waals surface area (Å²) in [5.74, 6) is 0.656. The van der Waals surface area contributed by atoms with Crippen molar-refractivity contribution in [3.63, 3.8) is 0 Å². The van der Waals surface area contributed by atoms with Gasteiger partial charge >= 0.3 is 0 Å². The van der Waals surface area contributed by atoms with Gasteiger partial charge in [0.2, 0.25) is 15.9 Å². The summed E-state index contributed by atoms with van der Waals surface area (Å²) in [6, 6.07) is 13.4. The first-order chi connectivity index (χ1) is 13.7. The van der Waals surface area contributed by atoms with Crippen molar-refractivity contribution in [2.75, 3.05) is 30.3 Å². The van der Waals surface area contributed by atoms with Gasteiger partial charge in [-0.2, -0.15) is 0 Å². The number of amides is 1. The van der Waals surface area contributed by atoms with E-state index in [4.69, 9.17) is 4.74 Å². The van der Waals surface area contributed by atoms with Gasteiger partial charge in [-0.05, 0) is 56.5 Å². The van der Waals surface area contributed by atoms with Gasteiger partial charge in [0, 0.05) is 13.0 Å². The van der Waals surface area contributed by atoms with Crippen LogP contribution in [0.4, 0.5) is 5.69 Å². The van der Waals surface area contributed by atoms with Gasteiger partial charge in [0.05, 0.1) is 18.5 Å². The SMILES string of the molecule is Cc1cccc(OCCNC(=O)CCCN(c2ccc(C)cc2C)S(C)(=O)=O)c1. The number of carbonyl (C=O) groups is 1. The van der Waals surface area contributed by atoms with E-state index in [0.717, 1.165) is 22.4 Å². The van der Waals surface area contributed by atoms with Crippen LogP contribution in [0.5, 0.6) is 5.75 Å². The molecule has 0 bridgehead atoms. The lowest BCUT2D eigenvalue weighted by Gasteiger charge is -2.24. The standard InChI is InChI=1S/C22H30N2O4S/c1-17-7-5-8-20(16-17)28-14-12-23-22(25)9-6-13-24(29(4,26)27)21-11-10-18(2)15-19(21)3/h5,7-8,10-11,15-16H,6,9,12-14H2,1-4H3,(H,23,25). The first-order valence-electron chi connectivity index (χ1n) is 9.68. The number of ether oxygens (including phenoxy) is 1. The van der Waals surface area contributed by atoms with Crippen molar-refractivity contribution in [3.05, 3.63) is 59.2 Å². The number of nitrogens with zero attached hydrogens (tertiary/aromatic N) is 1. The van der Waals surface area contributed by atoms with Crippen molar-refractivity contribution in [3.8, 4) is 5.75 Å². The van der Waals surface area contributed by atoms with Crippen LogP contribution in [0.1, 0.15) is 29.5 Å². The minimum Gasteiger partial charge on any atom is -0.492 e. The molecule has 0 aliphatic heterocycles. The molecule has 0 fully saturated rings. The summed E-state index contributed by atoms with van der Waals surface area (Å²) in [5.41, 5.74) is 3.75. The van der Waals surface area contributed by atoms with E-state index < -0.39 is 10.0 Å². The van der Waals surface area contributed by atoms with Crippen LogP contribution < -0.4 is 14.4 Å². The van der Waals surface area contributed by atoms with Crippen LogP contribution in [0.25, 0.3) is 0 Å². The molecule has 0 aromatic heterocycles. The van der Waals surface area contributed by atoms with Crippen molar-refractivity contribution in [1.29, 1.82) is 0 Å². The quantitative estimate of drug-likeness (QED) is 0.601. The van der Waals surface area contributed by atoms with E-state index in [2.05, 4.69) is 5.32 Å². The van der Waals surface area contributed by atoms with Crippen LogP contribution >= 0.6 is 0 Å². The summed E-state index contributed by atoms with van der Waals surface area (Å²) in [6.07, 6.45) is 1.88. The van der Waals surface area contributed by atoms with Crippen LogP contribution in [0.15, 0.2) is 42.5 Å². The normalized spacial score (nSPS) is 11.2. The van der Waals surface area contributed by atoms with Crippen LogP contribution in [0.3, 0.4) is 0 Å². The van der Waals surface area contributed by atoms with Crippen molar-refractivity contribution in [2.24, 2.45) is 0 Å². The lowest BCUT2D eigenvalue weighted by molar-refractivity contribution is -0.121. The average Bonchev–Trinajstić information content (AvgIpc) is 2.62. The van der Waals surface area contributed by atoms with Crippen molar-refractivity contribution < 1.29 is 17.9 Å². The van der Waals surface area contributed by atoms with Crippen LogP contribution in [-0.2, 0) is 14.8 Å². The topological polar surface area (TPSA) is 75.7 Å². The summed E-state index contributed by atoms with van der Waals surface area (Å²) in [7, 11) is -3.42. The third-order valence-corrected chi connectivity index (χ3v) is 5.65. The van der Waals surface area contributed by atoms with E-state index in [-0.39, 0.29) is 18.9 Å². The molecular formula is C22H30N2O4S. The average molecular weight is 419 g/mol. The first-order valence-corrected chi connectivity index (χ1v) is 11.5. The minimum absolute atomic E-state index is 0.119. The second-order valence-corrected chi connectivity index (χ2v) is 9.15. The second kappa shape index (κ2) is 10.3. The number of hydrogen-bond donors (Lipinski definition) is 1. The largest absolute Gasteiger partial charge is 0.492 e. The lowest BCUT2D eigenvalue weighted by atomic mass is 10.1. The van der Waals surface area contributed by atoms with E-state index in [1.807, 2.05) is 63.2 Å². The van der Waals surface area contributed by atoms with Crippen LogP contribution in [-0.4, -0.2) is 40.3 Å². The molecule has 0 saturated heterocycles. The Balaban J connectivity index is 1.79. The number of nitrogens with one attached hydrogen (secondary N) is 1. The highest BCUT2D eigenvalue weighted by Crippen LogP contribution is 2.24. The van der Waals surface area contributed by atoms with E-state index in [1.54, 1.807) is 0 Å². The molecule has 0 unspecified atom stereocenters. The van der Waals surface area contributed by atoms with Gasteiger partial charge in [-0.25, -0.2) is 8.42 Å². The Morgan fingerprint density at radius 1 is 1.07 bits per heavy atom. The summed E-state index contributed by atoms with van der Waals surface area (Å²) in [5, 5.41) is 2.81. The molecule has 0 aliphatic carbocycles. The minimum atomic E-state index is -3.42. The molecule has 0 aliphatic rings. The highest BCUT2D eigenvalue weighted by atomic mass is 32.2.